The number of ether oxygens (including phenoxy) is 2. The molecule has 160 valence electrons. The molecule has 2 aromatic rings. The Balaban J connectivity index is 1.84. The van der Waals surface area contributed by atoms with E-state index in [1.807, 2.05) is 0 Å². The molecule has 2 aromatic carbocycles. The number of hydrogen-bond acceptors (Lipinski definition) is 6. The van der Waals surface area contributed by atoms with E-state index in [-0.39, 0.29) is 29.4 Å². The summed E-state index contributed by atoms with van der Waals surface area (Å²) in [6.45, 7) is 1.48. The molecule has 3 rings (SSSR count). The van der Waals surface area contributed by atoms with Gasteiger partial charge in [0.2, 0.25) is 5.91 Å². The standard InChI is InChI=1S/C20H18F3NO5S/c1-2-28-16-9-14(5-3-11(16)8-17-18(26)24-19(27)30-17)29-15-6-4-13(20(21,22)23)7-12(15)10-25/h3-7,9,17,25H,2,8,10H2,1H3,(H,24,26,27). The highest BCUT2D eigenvalue weighted by atomic mass is 32.2. The van der Waals surface area contributed by atoms with Gasteiger partial charge in [0.25, 0.3) is 5.24 Å². The Morgan fingerprint density at radius 3 is 2.47 bits per heavy atom. The highest BCUT2D eigenvalue weighted by Crippen LogP contribution is 2.36. The molecule has 30 heavy (non-hydrogen) atoms. The highest BCUT2D eigenvalue weighted by Gasteiger charge is 2.33. The monoisotopic (exact) mass is 441 g/mol. The number of thioether (sulfide) groups is 1. The summed E-state index contributed by atoms with van der Waals surface area (Å²) in [7, 11) is 0. The van der Waals surface area contributed by atoms with Gasteiger partial charge < -0.3 is 14.6 Å². The SMILES string of the molecule is CCOc1cc(Oc2ccc(C(F)(F)F)cc2CO)ccc1CC1SC(=O)NC1=O. The predicted molar refractivity (Wildman–Crippen MR) is 104 cm³/mol. The molecule has 2 amide bonds. The summed E-state index contributed by atoms with van der Waals surface area (Å²) in [5.74, 6) is 0.429. The molecule has 1 saturated heterocycles. The maximum atomic E-state index is 12.9. The van der Waals surface area contributed by atoms with Crippen LogP contribution in [0.3, 0.4) is 0 Å². The molecule has 0 spiro atoms. The normalized spacial score (nSPS) is 16.5. The molecular weight excluding hydrogens is 423 g/mol. The average molecular weight is 441 g/mol. The number of hydrogen-bond donors (Lipinski definition) is 2. The summed E-state index contributed by atoms with van der Waals surface area (Å²) >= 11 is 0.904. The quantitative estimate of drug-likeness (QED) is 0.667. The van der Waals surface area contributed by atoms with Crippen molar-refractivity contribution >= 4 is 22.9 Å². The Bertz CT molecular complexity index is 964. The molecule has 1 heterocycles. The molecule has 0 bridgehead atoms. The van der Waals surface area contributed by atoms with E-state index in [0.717, 1.165) is 30.0 Å². The van der Waals surface area contributed by atoms with E-state index in [4.69, 9.17) is 9.47 Å². The number of alkyl halides is 3. The minimum Gasteiger partial charge on any atom is -0.493 e. The van der Waals surface area contributed by atoms with Gasteiger partial charge in [-0.05, 0) is 43.2 Å². The molecular formula is C20H18F3NO5S. The van der Waals surface area contributed by atoms with Crippen LogP contribution in [0.15, 0.2) is 36.4 Å². The lowest BCUT2D eigenvalue weighted by atomic mass is 10.1. The van der Waals surface area contributed by atoms with E-state index in [2.05, 4.69) is 5.32 Å². The topological polar surface area (TPSA) is 84.9 Å². The fraction of sp³-hybridized carbons (Fsp3) is 0.300. The first-order valence-corrected chi connectivity index (χ1v) is 9.85. The van der Waals surface area contributed by atoms with Crippen LogP contribution < -0.4 is 14.8 Å². The summed E-state index contributed by atoms with van der Waals surface area (Å²) < 4.78 is 49.9. The number of halogens is 3. The van der Waals surface area contributed by atoms with Crippen molar-refractivity contribution in [2.24, 2.45) is 0 Å². The van der Waals surface area contributed by atoms with Crippen LogP contribution in [-0.2, 0) is 24.0 Å². The van der Waals surface area contributed by atoms with Gasteiger partial charge in [-0.15, -0.1) is 0 Å². The minimum atomic E-state index is -4.53. The van der Waals surface area contributed by atoms with Crippen molar-refractivity contribution in [1.82, 2.24) is 5.32 Å². The maximum Gasteiger partial charge on any atom is 0.416 e. The largest absolute Gasteiger partial charge is 0.493 e. The fourth-order valence-electron chi connectivity index (χ4n) is 2.89. The summed E-state index contributed by atoms with van der Waals surface area (Å²) in [6, 6.07) is 7.65. The third-order valence-corrected chi connectivity index (χ3v) is 5.28. The van der Waals surface area contributed by atoms with Crippen LogP contribution in [0.1, 0.15) is 23.6 Å². The van der Waals surface area contributed by atoms with Crippen LogP contribution in [0.5, 0.6) is 17.2 Å². The van der Waals surface area contributed by atoms with Crippen LogP contribution in [0, 0.1) is 0 Å². The number of carbonyl (C=O) groups excluding carboxylic acids is 2. The zero-order chi connectivity index (χ0) is 21.9. The van der Waals surface area contributed by atoms with Crippen LogP contribution in [0.4, 0.5) is 18.0 Å². The molecule has 0 saturated carbocycles. The van der Waals surface area contributed by atoms with Crippen molar-refractivity contribution in [3.05, 3.63) is 53.1 Å². The van der Waals surface area contributed by atoms with E-state index in [1.54, 1.807) is 25.1 Å². The van der Waals surface area contributed by atoms with Crippen LogP contribution >= 0.6 is 11.8 Å². The molecule has 1 aliphatic heterocycles. The van der Waals surface area contributed by atoms with Crippen LogP contribution in [-0.4, -0.2) is 28.1 Å². The maximum absolute atomic E-state index is 12.9. The van der Waals surface area contributed by atoms with Gasteiger partial charge in [-0.2, -0.15) is 13.2 Å². The van der Waals surface area contributed by atoms with E-state index in [1.165, 1.54) is 0 Å². The van der Waals surface area contributed by atoms with Crippen molar-refractivity contribution in [2.75, 3.05) is 6.61 Å². The van der Waals surface area contributed by atoms with E-state index in [9.17, 15) is 27.9 Å². The Hall–Kier alpha value is -2.72. The van der Waals surface area contributed by atoms with E-state index < -0.39 is 28.8 Å². The molecule has 2 N–H and O–H groups in total. The Labute approximate surface area is 174 Å². The summed E-state index contributed by atoms with van der Waals surface area (Å²) in [5, 5.41) is 10.7. The van der Waals surface area contributed by atoms with Gasteiger partial charge in [-0.3, -0.25) is 14.9 Å². The third-order valence-electron chi connectivity index (χ3n) is 4.30. The van der Waals surface area contributed by atoms with Gasteiger partial charge in [0, 0.05) is 11.6 Å². The average Bonchev–Trinajstić information content (AvgIpc) is 3.00. The van der Waals surface area contributed by atoms with Crippen molar-refractivity contribution in [2.45, 2.75) is 31.4 Å². The zero-order valence-corrected chi connectivity index (χ0v) is 16.6. The Morgan fingerprint density at radius 1 is 1.10 bits per heavy atom. The van der Waals surface area contributed by atoms with Gasteiger partial charge in [0.15, 0.2) is 0 Å². The summed E-state index contributed by atoms with van der Waals surface area (Å²) in [4.78, 5) is 23.2. The second-order valence-electron chi connectivity index (χ2n) is 6.37. The summed E-state index contributed by atoms with van der Waals surface area (Å²) in [5.41, 5.74) is -0.211. The Morgan fingerprint density at radius 2 is 1.87 bits per heavy atom. The third kappa shape index (κ3) is 5.06. The van der Waals surface area contributed by atoms with Gasteiger partial charge in [-0.25, -0.2) is 0 Å². The number of nitrogens with one attached hydrogen (secondary N) is 1. The number of amides is 2. The lowest BCUT2D eigenvalue weighted by Crippen LogP contribution is -2.25. The smallest absolute Gasteiger partial charge is 0.416 e. The van der Waals surface area contributed by atoms with Crippen molar-refractivity contribution in [1.29, 1.82) is 0 Å². The molecule has 6 nitrogen and oxygen atoms in total. The lowest BCUT2D eigenvalue weighted by Gasteiger charge is -2.16. The molecule has 1 atom stereocenters. The summed E-state index contributed by atoms with van der Waals surface area (Å²) in [6.07, 6.45) is -4.27. The van der Waals surface area contributed by atoms with Crippen molar-refractivity contribution < 1.29 is 37.3 Å². The minimum absolute atomic E-state index is 0.00981. The fourth-order valence-corrected chi connectivity index (χ4v) is 3.74. The van der Waals surface area contributed by atoms with Crippen molar-refractivity contribution in [3.63, 3.8) is 0 Å². The number of imide groups is 1. The van der Waals surface area contributed by atoms with Gasteiger partial charge in [-0.1, -0.05) is 17.8 Å². The number of rotatable bonds is 7. The number of aliphatic hydroxyl groups is 1. The van der Waals surface area contributed by atoms with Gasteiger partial charge in [0.05, 0.1) is 24.0 Å². The molecule has 0 aliphatic carbocycles. The molecule has 1 aliphatic rings. The zero-order valence-electron chi connectivity index (χ0n) is 15.8. The number of aliphatic hydroxyl groups excluding tert-OH is 1. The molecule has 10 heteroatoms. The second kappa shape index (κ2) is 8.97. The molecule has 1 unspecified atom stereocenters. The van der Waals surface area contributed by atoms with Crippen LogP contribution in [0.25, 0.3) is 0 Å². The number of carbonyl (C=O) groups is 2. The number of benzene rings is 2. The van der Waals surface area contributed by atoms with Gasteiger partial charge >= 0.3 is 6.18 Å². The molecule has 0 radical (unpaired) electrons. The highest BCUT2D eigenvalue weighted by molar-refractivity contribution is 8.15. The first-order valence-electron chi connectivity index (χ1n) is 8.97. The van der Waals surface area contributed by atoms with E-state index >= 15 is 0 Å². The molecule has 0 aromatic heterocycles. The van der Waals surface area contributed by atoms with Crippen LogP contribution in [0.2, 0.25) is 0 Å². The van der Waals surface area contributed by atoms with Crippen molar-refractivity contribution in [3.8, 4) is 17.2 Å². The van der Waals surface area contributed by atoms with E-state index in [0.29, 0.717) is 17.9 Å². The second-order valence-corrected chi connectivity index (χ2v) is 7.55. The van der Waals surface area contributed by atoms with Gasteiger partial charge in [0.1, 0.15) is 17.2 Å². The Kier molecular flexibility index (Phi) is 6.57. The predicted octanol–water partition coefficient (Wildman–Crippen LogP) is 4.28. The lowest BCUT2D eigenvalue weighted by molar-refractivity contribution is -0.137. The molecule has 1 fully saturated rings. The first-order chi connectivity index (χ1) is 14.2. The first kappa shape index (κ1) is 22.0.